The highest BCUT2D eigenvalue weighted by atomic mass is 32.2. The molecule has 1 aliphatic rings. The van der Waals surface area contributed by atoms with E-state index < -0.39 is 10.0 Å². The smallest absolute Gasteiger partial charge is 0.264 e. The van der Waals surface area contributed by atoms with Crippen LogP contribution < -0.4 is 9.04 Å². The molecule has 2 aromatic rings. The van der Waals surface area contributed by atoms with E-state index in [2.05, 4.69) is 6.07 Å². The number of sulfonamides is 1. The van der Waals surface area contributed by atoms with Crippen molar-refractivity contribution in [3.63, 3.8) is 0 Å². The summed E-state index contributed by atoms with van der Waals surface area (Å²) in [6, 6.07) is 14.1. The number of likely N-dealkylation sites (tertiary alicyclic amines) is 1. The fraction of sp³-hybridized carbons (Fsp3) is 0.417. The molecule has 32 heavy (non-hydrogen) atoms. The highest BCUT2D eigenvalue weighted by Crippen LogP contribution is 2.27. The molecular weight excluding hydrogens is 426 g/mol. The summed E-state index contributed by atoms with van der Waals surface area (Å²) in [6.07, 6.45) is 1.38. The van der Waals surface area contributed by atoms with Crippen LogP contribution in [0.25, 0.3) is 0 Å². The van der Waals surface area contributed by atoms with Gasteiger partial charge in [0.15, 0.2) is 0 Å². The Morgan fingerprint density at radius 1 is 1.12 bits per heavy atom. The lowest BCUT2D eigenvalue weighted by molar-refractivity contribution is -0.132. The molecule has 7 nitrogen and oxygen atoms in total. The summed E-state index contributed by atoms with van der Waals surface area (Å²) in [5.74, 6) is 0.504. The topological polar surface area (TPSA) is 90.7 Å². The van der Waals surface area contributed by atoms with E-state index in [9.17, 15) is 13.2 Å². The number of nitriles is 1. The standard InChI is InChI=1S/C24H29N3O4S/c1-18-4-9-23(16-19(18)2)32(29,30)27(21-5-7-22(31-3)8-6-21)15-12-24(28)26-13-10-20(17-25)11-14-26/h4-9,16,20H,10-15H2,1-3H3. The third-order valence-corrected chi connectivity index (χ3v) is 7.81. The Kier molecular flexibility index (Phi) is 7.41. The molecule has 0 radical (unpaired) electrons. The molecule has 170 valence electrons. The van der Waals surface area contributed by atoms with Crippen LogP contribution in [-0.4, -0.2) is 46.0 Å². The number of methoxy groups -OCH3 is 1. The Labute approximate surface area is 190 Å². The summed E-state index contributed by atoms with van der Waals surface area (Å²) in [5, 5.41) is 9.05. The first-order chi connectivity index (χ1) is 15.3. The third-order valence-electron chi connectivity index (χ3n) is 5.99. The van der Waals surface area contributed by atoms with Gasteiger partial charge in [0, 0.05) is 32.0 Å². The highest BCUT2D eigenvalue weighted by Gasteiger charge is 2.28. The summed E-state index contributed by atoms with van der Waals surface area (Å²) in [7, 11) is -2.32. The largest absolute Gasteiger partial charge is 0.497 e. The van der Waals surface area contributed by atoms with Gasteiger partial charge in [-0.25, -0.2) is 8.42 Å². The van der Waals surface area contributed by atoms with Crippen LogP contribution in [0.1, 0.15) is 30.4 Å². The molecule has 3 rings (SSSR count). The molecule has 0 N–H and O–H groups in total. The first-order valence-corrected chi connectivity index (χ1v) is 12.1. The molecule has 0 saturated carbocycles. The molecule has 1 heterocycles. The molecule has 0 unspecified atom stereocenters. The molecule has 1 aliphatic heterocycles. The van der Waals surface area contributed by atoms with Gasteiger partial charge in [-0.1, -0.05) is 6.07 Å². The number of benzene rings is 2. The van der Waals surface area contributed by atoms with Crippen LogP contribution >= 0.6 is 0 Å². The Hall–Kier alpha value is -3.05. The number of amides is 1. The van der Waals surface area contributed by atoms with E-state index in [1.165, 1.54) is 4.31 Å². The number of aryl methyl sites for hydroxylation is 2. The van der Waals surface area contributed by atoms with Crippen LogP contribution in [0.4, 0.5) is 5.69 Å². The van der Waals surface area contributed by atoms with Gasteiger partial charge in [-0.3, -0.25) is 9.10 Å². The Balaban J connectivity index is 1.84. The molecule has 0 aromatic heterocycles. The van der Waals surface area contributed by atoms with Gasteiger partial charge in [0.1, 0.15) is 5.75 Å². The normalized spacial score (nSPS) is 14.6. The summed E-state index contributed by atoms with van der Waals surface area (Å²) >= 11 is 0. The van der Waals surface area contributed by atoms with E-state index in [-0.39, 0.29) is 29.7 Å². The average Bonchev–Trinajstić information content (AvgIpc) is 2.81. The predicted octanol–water partition coefficient (Wildman–Crippen LogP) is 3.66. The maximum absolute atomic E-state index is 13.6. The van der Waals surface area contributed by atoms with Crippen LogP contribution in [0, 0.1) is 31.1 Å². The molecule has 0 atom stereocenters. The van der Waals surface area contributed by atoms with Crippen molar-refractivity contribution >= 4 is 21.6 Å². The van der Waals surface area contributed by atoms with Crippen LogP contribution in [0.2, 0.25) is 0 Å². The minimum absolute atomic E-state index is 0.0139. The van der Waals surface area contributed by atoms with Crippen molar-refractivity contribution in [2.24, 2.45) is 5.92 Å². The van der Waals surface area contributed by atoms with Gasteiger partial charge in [0.05, 0.1) is 23.8 Å². The van der Waals surface area contributed by atoms with E-state index in [0.29, 0.717) is 37.4 Å². The molecule has 2 aromatic carbocycles. The first-order valence-electron chi connectivity index (χ1n) is 10.7. The zero-order valence-electron chi connectivity index (χ0n) is 18.7. The minimum atomic E-state index is -3.87. The summed E-state index contributed by atoms with van der Waals surface area (Å²) in [5.41, 5.74) is 2.37. The van der Waals surface area contributed by atoms with Crippen molar-refractivity contribution in [1.82, 2.24) is 4.90 Å². The Bertz CT molecular complexity index is 1100. The second-order valence-electron chi connectivity index (χ2n) is 8.06. The number of ether oxygens (including phenoxy) is 1. The van der Waals surface area contributed by atoms with Crippen molar-refractivity contribution in [3.05, 3.63) is 53.6 Å². The van der Waals surface area contributed by atoms with Crippen molar-refractivity contribution in [2.45, 2.75) is 38.0 Å². The third kappa shape index (κ3) is 5.22. The monoisotopic (exact) mass is 455 g/mol. The Morgan fingerprint density at radius 2 is 1.78 bits per heavy atom. The second kappa shape index (κ2) is 10.0. The van der Waals surface area contributed by atoms with Crippen LogP contribution in [0.3, 0.4) is 0 Å². The van der Waals surface area contributed by atoms with E-state index in [4.69, 9.17) is 10.00 Å². The van der Waals surface area contributed by atoms with E-state index in [0.717, 1.165) is 11.1 Å². The van der Waals surface area contributed by atoms with Crippen molar-refractivity contribution < 1.29 is 17.9 Å². The summed E-state index contributed by atoms with van der Waals surface area (Å²) in [6.45, 7) is 4.90. The van der Waals surface area contributed by atoms with E-state index >= 15 is 0 Å². The molecule has 0 aliphatic carbocycles. The lowest BCUT2D eigenvalue weighted by atomic mass is 9.98. The van der Waals surface area contributed by atoms with Gasteiger partial charge < -0.3 is 9.64 Å². The van der Waals surface area contributed by atoms with Gasteiger partial charge in [-0.05, 0) is 74.2 Å². The fourth-order valence-electron chi connectivity index (χ4n) is 3.75. The van der Waals surface area contributed by atoms with E-state index in [1.807, 2.05) is 13.8 Å². The maximum Gasteiger partial charge on any atom is 0.264 e. The van der Waals surface area contributed by atoms with Crippen molar-refractivity contribution in [1.29, 1.82) is 5.26 Å². The molecule has 0 spiro atoms. The molecular formula is C24H29N3O4S. The van der Waals surface area contributed by atoms with Crippen LogP contribution in [0.15, 0.2) is 47.4 Å². The van der Waals surface area contributed by atoms with Gasteiger partial charge >= 0.3 is 0 Å². The van der Waals surface area contributed by atoms with Gasteiger partial charge in [0.2, 0.25) is 5.91 Å². The number of hydrogen-bond donors (Lipinski definition) is 0. The number of nitrogens with zero attached hydrogens (tertiary/aromatic N) is 3. The summed E-state index contributed by atoms with van der Waals surface area (Å²) < 4.78 is 33.6. The number of anilines is 1. The fourth-order valence-corrected chi connectivity index (χ4v) is 5.30. The molecule has 0 bridgehead atoms. The lowest BCUT2D eigenvalue weighted by Crippen LogP contribution is -2.41. The van der Waals surface area contributed by atoms with Gasteiger partial charge in [-0.2, -0.15) is 5.26 Å². The van der Waals surface area contributed by atoms with Crippen molar-refractivity contribution in [3.8, 4) is 11.8 Å². The second-order valence-corrected chi connectivity index (χ2v) is 9.92. The number of carbonyl (C=O) groups is 1. The number of carbonyl (C=O) groups excluding carboxylic acids is 1. The van der Waals surface area contributed by atoms with Crippen LogP contribution in [0.5, 0.6) is 5.75 Å². The Morgan fingerprint density at radius 3 is 2.34 bits per heavy atom. The van der Waals surface area contributed by atoms with Gasteiger partial charge in [-0.15, -0.1) is 0 Å². The number of piperidine rings is 1. The van der Waals surface area contributed by atoms with E-state index in [1.54, 1.807) is 54.5 Å². The SMILES string of the molecule is COc1ccc(N(CCC(=O)N2CCC(C#N)CC2)S(=O)(=O)c2ccc(C)c(C)c2)cc1. The average molecular weight is 456 g/mol. The molecule has 1 fully saturated rings. The first kappa shape index (κ1) is 23.6. The highest BCUT2D eigenvalue weighted by molar-refractivity contribution is 7.92. The van der Waals surface area contributed by atoms with Crippen molar-refractivity contribution in [2.75, 3.05) is 31.0 Å². The maximum atomic E-state index is 13.6. The van der Waals surface area contributed by atoms with Gasteiger partial charge in [0.25, 0.3) is 10.0 Å². The zero-order valence-corrected chi connectivity index (χ0v) is 19.6. The number of hydrogen-bond acceptors (Lipinski definition) is 5. The zero-order chi connectivity index (χ0) is 23.3. The quantitative estimate of drug-likeness (QED) is 0.635. The molecule has 1 saturated heterocycles. The predicted molar refractivity (Wildman–Crippen MR) is 123 cm³/mol. The molecule has 8 heteroatoms. The number of rotatable bonds is 7. The van der Waals surface area contributed by atoms with Crippen LogP contribution in [-0.2, 0) is 14.8 Å². The summed E-state index contributed by atoms with van der Waals surface area (Å²) in [4.78, 5) is 14.7. The lowest BCUT2D eigenvalue weighted by Gasteiger charge is -2.30. The molecule has 1 amide bonds. The minimum Gasteiger partial charge on any atom is -0.497 e.